The van der Waals surface area contributed by atoms with Gasteiger partial charge >= 0.3 is 0 Å². The molecule has 1 aliphatic heterocycles. The second-order valence-corrected chi connectivity index (χ2v) is 8.87. The number of Topliss-reactive ketones (excluding diaryl/α,β-unsaturated/α-hetero) is 1. The van der Waals surface area contributed by atoms with Gasteiger partial charge in [-0.2, -0.15) is 5.10 Å². The molecule has 0 unspecified atom stereocenters. The Morgan fingerprint density at radius 1 is 1.09 bits per heavy atom. The monoisotopic (exact) mass is 451 g/mol. The Morgan fingerprint density at radius 3 is 2.66 bits per heavy atom. The zero-order valence-electron chi connectivity index (χ0n) is 18.1. The van der Waals surface area contributed by atoms with E-state index in [4.69, 9.17) is 9.47 Å². The molecule has 1 fully saturated rings. The minimum absolute atomic E-state index is 0.0268. The van der Waals surface area contributed by atoms with Gasteiger partial charge in [-0.3, -0.25) is 9.59 Å². The average Bonchev–Trinajstić information content (AvgIpc) is 3.17. The van der Waals surface area contributed by atoms with Crippen LogP contribution < -0.4 is 14.8 Å². The molecule has 0 saturated carbocycles. The van der Waals surface area contributed by atoms with Crippen molar-refractivity contribution in [2.24, 2.45) is 10.2 Å². The van der Waals surface area contributed by atoms with Crippen LogP contribution in [0, 0.1) is 0 Å². The number of benzene rings is 2. The molecule has 1 N–H and O–H groups in total. The number of methoxy groups -OCH3 is 2. The van der Waals surface area contributed by atoms with Crippen molar-refractivity contribution in [1.82, 2.24) is 5.32 Å². The fraction of sp³-hybridized carbons (Fsp3) is 0.333. The van der Waals surface area contributed by atoms with Gasteiger partial charge in [-0.25, -0.2) is 0 Å². The lowest BCUT2D eigenvalue weighted by atomic mass is 9.89. The molecule has 0 bridgehead atoms. The Bertz CT molecular complexity index is 1100. The maximum Gasteiger partial charge on any atom is 0.240 e. The lowest BCUT2D eigenvalue weighted by Crippen LogP contribution is -2.26. The normalized spacial score (nSPS) is 19.1. The maximum absolute atomic E-state index is 12.8. The smallest absolute Gasteiger partial charge is 0.240 e. The molecule has 32 heavy (non-hydrogen) atoms. The molecule has 8 heteroatoms. The fourth-order valence-electron chi connectivity index (χ4n) is 3.86. The molecule has 2 aromatic rings. The number of amidine groups is 1. The lowest BCUT2D eigenvalue weighted by Gasteiger charge is -2.16. The van der Waals surface area contributed by atoms with Crippen molar-refractivity contribution in [2.75, 3.05) is 14.2 Å². The van der Waals surface area contributed by atoms with Crippen LogP contribution in [0.5, 0.6) is 11.5 Å². The first-order chi connectivity index (χ1) is 15.6. The summed E-state index contributed by atoms with van der Waals surface area (Å²) in [5.41, 5.74) is 4.05. The van der Waals surface area contributed by atoms with Crippen molar-refractivity contribution >= 4 is 34.8 Å². The molecule has 4 rings (SSSR count). The highest BCUT2D eigenvalue weighted by atomic mass is 32.2. The third-order valence-corrected chi connectivity index (χ3v) is 6.65. The first-order valence-corrected chi connectivity index (χ1v) is 11.4. The standard InChI is InChI=1S/C24H25N3O4S/c1-30-20-10-7-15(11-21(20)31-2)14-25-27-24-26-23(29)22(32-24)13-19(28)18-9-8-16-5-3-4-6-17(16)12-18/h7-12,14,22H,3-6,13H2,1-2H3,(H,26,27,29)/b25-14-/t22-/m0/s1. The second-order valence-electron chi connectivity index (χ2n) is 7.68. The summed E-state index contributed by atoms with van der Waals surface area (Å²) in [7, 11) is 3.14. The number of hydrogen-bond acceptors (Lipinski definition) is 7. The molecule has 0 radical (unpaired) electrons. The largest absolute Gasteiger partial charge is 0.493 e. The Kier molecular flexibility index (Phi) is 6.90. The molecule has 0 aromatic heterocycles. The lowest BCUT2D eigenvalue weighted by molar-refractivity contribution is -0.118. The van der Waals surface area contributed by atoms with Gasteiger partial charge in [0.25, 0.3) is 0 Å². The summed E-state index contributed by atoms with van der Waals surface area (Å²) in [5, 5.41) is 10.7. The van der Waals surface area contributed by atoms with E-state index >= 15 is 0 Å². The first-order valence-electron chi connectivity index (χ1n) is 10.5. The number of ketones is 1. The van der Waals surface area contributed by atoms with Gasteiger partial charge < -0.3 is 14.8 Å². The van der Waals surface area contributed by atoms with E-state index in [2.05, 4.69) is 21.6 Å². The summed E-state index contributed by atoms with van der Waals surface area (Å²) in [4.78, 5) is 25.1. The fourth-order valence-corrected chi connectivity index (χ4v) is 4.78. The van der Waals surface area contributed by atoms with Crippen LogP contribution >= 0.6 is 11.8 Å². The number of amides is 1. The molecule has 1 aliphatic carbocycles. The number of rotatable bonds is 7. The van der Waals surface area contributed by atoms with Crippen LogP contribution in [0.4, 0.5) is 0 Å². The number of aryl methyl sites for hydroxylation is 2. The van der Waals surface area contributed by atoms with E-state index < -0.39 is 5.25 Å². The van der Waals surface area contributed by atoms with Gasteiger partial charge in [0.1, 0.15) is 0 Å². The molecule has 1 heterocycles. The summed E-state index contributed by atoms with van der Waals surface area (Å²) in [6, 6.07) is 11.3. The van der Waals surface area contributed by atoms with Gasteiger partial charge in [0.05, 0.1) is 25.7 Å². The number of fused-ring (bicyclic) bond motifs is 1. The topological polar surface area (TPSA) is 89.4 Å². The first kappa shape index (κ1) is 22.1. The van der Waals surface area contributed by atoms with Crippen molar-refractivity contribution in [3.8, 4) is 11.5 Å². The third-order valence-electron chi connectivity index (χ3n) is 5.58. The van der Waals surface area contributed by atoms with Crippen molar-refractivity contribution in [3.63, 3.8) is 0 Å². The van der Waals surface area contributed by atoms with Crippen LogP contribution in [0.3, 0.4) is 0 Å². The SMILES string of the molecule is COc1ccc(/C=N\N=C2/NC(=O)[C@H](CC(=O)c3ccc4c(c3)CCCC4)S2)cc1OC. The number of thioether (sulfide) groups is 1. The van der Waals surface area contributed by atoms with Crippen LogP contribution in [0.25, 0.3) is 0 Å². The number of carbonyl (C=O) groups excluding carboxylic acids is 2. The molecule has 1 atom stereocenters. The van der Waals surface area contributed by atoms with Gasteiger partial charge in [-0.05, 0) is 66.6 Å². The highest BCUT2D eigenvalue weighted by Gasteiger charge is 2.32. The molecule has 7 nitrogen and oxygen atoms in total. The van der Waals surface area contributed by atoms with Crippen molar-refractivity contribution in [1.29, 1.82) is 0 Å². The van der Waals surface area contributed by atoms with Gasteiger partial charge in [0.2, 0.25) is 5.91 Å². The van der Waals surface area contributed by atoms with E-state index in [0.717, 1.165) is 24.8 Å². The van der Waals surface area contributed by atoms with E-state index in [1.165, 1.54) is 29.3 Å². The highest BCUT2D eigenvalue weighted by Crippen LogP contribution is 2.28. The molecule has 2 aromatic carbocycles. The Labute approximate surface area is 191 Å². The minimum Gasteiger partial charge on any atom is -0.493 e. The molecule has 2 aliphatic rings. The zero-order valence-corrected chi connectivity index (χ0v) is 18.9. The van der Waals surface area contributed by atoms with Crippen LogP contribution in [-0.2, 0) is 17.6 Å². The predicted octanol–water partition coefficient (Wildman–Crippen LogP) is 3.78. The quantitative estimate of drug-likeness (QED) is 0.393. The van der Waals surface area contributed by atoms with Crippen LogP contribution in [0.15, 0.2) is 46.6 Å². The Hall–Kier alpha value is -3.13. The van der Waals surface area contributed by atoms with Gasteiger partial charge in [-0.1, -0.05) is 23.9 Å². The van der Waals surface area contributed by atoms with E-state index in [1.54, 1.807) is 32.6 Å². The number of hydrogen-bond donors (Lipinski definition) is 1. The summed E-state index contributed by atoms with van der Waals surface area (Å²) >= 11 is 1.23. The minimum atomic E-state index is -0.506. The predicted molar refractivity (Wildman–Crippen MR) is 126 cm³/mol. The summed E-state index contributed by atoms with van der Waals surface area (Å²) < 4.78 is 10.5. The van der Waals surface area contributed by atoms with Crippen LogP contribution in [0.1, 0.15) is 46.3 Å². The third kappa shape index (κ3) is 5.02. The maximum atomic E-state index is 12.8. The second kappa shape index (κ2) is 9.99. The van der Waals surface area contributed by atoms with Crippen molar-refractivity contribution in [2.45, 2.75) is 37.4 Å². The molecule has 1 amide bonds. The number of carbonyl (C=O) groups is 2. The van der Waals surface area contributed by atoms with Gasteiger partial charge in [-0.15, -0.1) is 5.10 Å². The van der Waals surface area contributed by atoms with Crippen LogP contribution in [0.2, 0.25) is 0 Å². The number of nitrogens with zero attached hydrogens (tertiary/aromatic N) is 2. The van der Waals surface area contributed by atoms with Crippen LogP contribution in [-0.4, -0.2) is 42.5 Å². The molecule has 0 spiro atoms. The Morgan fingerprint density at radius 2 is 1.88 bits per heavy atom. The summed E-state index contributed by atoms with van der Waals surface area (Å²) in [6.07, 6.45) is 6.16. The average molecular weight is 452 g/mol. The van der Waals surface area contributed by atoms with E-state index in [0.29, 0.717) is 22.2 Å². The molecule has 1 saturated heterocycles. The van der Waals surface area contributed by atoms with Gasteiger partial charge in [0.15, 0.2) is 22.4 Å². The summed E-state index contributed by atoms with van der Waals surface area (Å²) in [5.74, 6) is 0.969. The molecular formula is C24H25N3O4S. The van der Waals surface area contributed by atoms with E-state index in [-0.39, 0.29) is 18.1 Å². The van der Waals surface area contributed by atoms with Gasteiger partial charge in [0, 0.05) is 12.0 Å². The zero-order chi connectivity index (χ0) is 22.5. The van der Waals surface area contributed by atoms with E-state index in [9.17, 15) is 9.59 Å². The summed E-state index contributed by atoms with van der Waals surface area (Å²) in [6.45, 7) is 0. The highest BCUT2D eigenvalue weighted by molar-refractivity contribution is 8.15. The van der Waals surface area contributed by atoms with Crippen molar-refractivity contribution < 1.29 is 19.1 Å². The van der Waals surface area contributed by atoms with E-state index in [1.807, 2.05) is 18.2 Å². The molecule has 166 valence electrons. The number of ether oxygens (including phenoxy) is 2. The molecular weight excluding hydrogens is 426 g/mol. The number of nitrogens with one attached hydrogen (secondary N) is 1. The van der Waals surface area contributed by atoms with Crippen molar-refractivity contribution in [3.05, 3.63) is 58.7 Å². The Balaban J connectivity index is 1.38.